The number of nitrogens with zero attached hydrogens (tertiary/aromatic N) is 1. The number of nitrogens with one attached hydrogen (secondary N) is 1. The van der Waals surface area contributed by atoms with Crippen molar-refractivity contribution in [3.63, 3.8) is 0 Å². The Kier molecular flexibility index (Phi) is 6.47. The molecular formula is C18H18N2O7S. The predicted molar refractivity (Wildman–Crippen MR) is 101 cm³/mol. The number of sulfone groups is 1. The van der Waals surface area contributed by atoms with E-state index in [1.807, 2.05) is 19.1 Å². The number of nitro benzene ring substituents is 1. The first kappa shape index (κ1) is 21.0. The first-order chi connectivity index (χ1) is 13.1. The van der Waals surface area contributed by atoms with Crippen molar-refractivity contribution in [3.05, 3.63) is 63.7 Å². The van der Waals surface area contributed by atoms with Gasteiger partial charge in [-0.2, -0.15) is 0 Å². The van der Waals surface area contributed by atoms with Crippen LogP contribution in [-0.2, 0) is 25.8 Å². The van der Waals surface area contributed by atoms with Gasteiger partial charge in [0, 0.05) is 18.0 Å². The largest absolute Gasteiger partial charge is 0.452 e. The zero-order valence-corrected chi connectivity index (χ0v) is 16.0. The van der Waals surface area contributed by atoms with Gasteiger partial charge in [-0.25, -0.2) is 13.2 Å². The summed E-state index contributed by atoms with van der Waals surface area (Å²) in [6.07, 6.45) is 1.68. The van der Waals surface area contributed by atoms with E-state index in [4.69, 9.17) is 4.74 Å². The van der Waals surface area contributed by atoms with Gasteiger partial charge in [0.15, 0.2) is 16.4 Å². The first-order valence-electron chi connectivity index (χ1n) is 8.16. The number of hydrogen-bond donors (Lipinski definition) is 1. The van der Waals surface area contributed by atoms with Crippen LogP contribution in [0.5, 0.6) is 0 Å². The van der Waals surface area contributed by atoms with Crippen molar-refractivity contribution in [2.45, 2.75) is 18.2 Å². The molecule has 0 spiro atoms. The number of ether oxygens (including phenoxy) is 1. The fourth-order valence-corrected chi connectivity index (χ4v) is 3.16. The second-order valence-electron chi connectivity index (χ2n) is 5.89. The van der Waals surface area contributed by atoms with Crippen molar-refractivity contribution in [2.24, 2.45) is 0 Å². The van der Waals surface area contributed by atoms with E-state index in [0.29, 0.717) is 5.69 Å². The third-order valence-corrected chi connectivity index (χ3v) is 4.92. The van der Waals surface area contributed by atoms with E-state index in [2.05, 4.69) is 5.32 Å². The maximum absolute atomic E-state index is 12.0. The smallest absolute Gasteiger partial charge is 0.338 e. The molecular weight excluding hydrogens is 388 g/mol. The fourth-order valence-electron chi connectivity index (χ4n) is 2.34. The van der Waals surface area contributed by atoms with Crippen molar-refractivity contribution >= 4 is 33.1 Å². The van der Waals surface area contributed by atoms with Crippen LogP contribution >= 0.6 is 0 Å². The van der Waals surface area contributed by atoms with Crippen LogP contribution in [0.4, 0.5) is 11.4 Å². The minimum absolute atomic E-state index is 0.237. The van der Waals surface area contributed by atoms with Gasteiger partial charge in [0.25, 0.3) is 11.6 Å². The van der Waals surface area contributed by atoms with Gasteiger partial charge in [-0.1, -0.05) is 19.1 Å². The second-order valence-corrected chi connectivity index (χ2v) is 7.87. The van der Waals surface area contributed by atoms with Gasteiger partial charge < -0.3 is 10.1 Å². The normalized spacial score (nSPS) is 10.9. The highest BCUT2D eigenvalue weighted by Gasteiger charge is 2.24. The molecule has 0 saturated heterocycles. The van der Waals surface area contributed by atoms with E-state index < -0.39 is 43.8 Å². The number of nitro groups is 1. The summed E-state index contributed by atoms with van der Waals surface area (Å²) in [5, 5.41) is 13.6. The van der Waals surface area contributed by atoms with Gasteiger partial charge in [-0.3, -0.25) is 14.9 Å². The van der Waals surface area contributed by atoms with Gasteiger partial charge >= 0.3 is 5.97 Å². The third-order valence-electron chi connectivity index (χ3n) is 3.77. The molecule has 1 N–H and O–H groups in total. The Morgan fingerprint density at radius 2 is 1.79 bits per heavy atom. The van der Waals surface area contributed by atoms with E-state index in [1.54, 1.807) is 12.1 Å². The molecule has 0 bridgehead atoms. The van der Waals surface area contributed by atoms with Crippen molar-refractivity contribution in [1.29, 1.82) is 0 Å². The summed E-state index contributed by atoms with van der Waals surface area (Å²) >= 11 is 0. The number of anilines is 1. The van der Waals surface area contributed by atoms with E-state index in [0.717, 1.165) is 36.4 Å². The molecule has 148 valence electrons. The number of amides is 1. The Labute approximate surface area is 161 Å². The van der Waals surface area contributed by atoms with Crippen LogP contribution in [0.25, 0.3) is 0 Å². The number of carbonyl (C=O) groups excluding carboxylic acids is 2. The molecule has 0 unspecified atom stereocenters. The van der Waals surface area contributed by atoms with Gasteiger partial charge in [0.05, 0.1) is 10.5 Å². The molecule has 2 aromatic rings. The fraction of sp³-hybridized carbons (Fsp3) is 0.222. The Morgan fingerprint density at radius 3 is 2.32 bits per heavy atom. The van der Waals surface area contributed by atoms with E-state index in [-0.39, 0.29) is 5.56 Å². The lowest BCUT2D eigenvalue weighted by atomic mass is 10.1. The monoisotopic (exact) mass is 406 g/mol. The molecule has 0 aliphatic rings. The van der Waals surface area contributed by atoms with Crippen LogP contribution in [0.1, 0.15) is 22.8 Å². The average Bonchev–Trinajstić information content (AvgIpc) is 2.65. The maximum atomic E-state index is 12.0. The Hall–Kier alpha value is -3.27. The standard InChI is InChI=1S/C18H18N2O7S/c1-3-12-4-7-14(8-5-12)19-17(21)11-27-18(22)13-6-9-16(28(2,25)26)15(10-13)20(23)24/h4-10H,3,11H2,1-2H3,(H,19,21). The summed E-state index contributed by atoms with van der Waals surface area (Å²) in [5.41, 5.74) is 0.659. The number of aryl methyl sites for hydroxylation is 1. The highest BCUT2D eigenvalue weighted by atomic mass is 32.2. The number of benzene rings is 2. The molecule has 2 aromatic carbocycles. The molecule has 9 nitrogen and oxygen atoms in total. The summed E-state index contributed by atoms with van der Waals surface area (Å²) in [7, 11) is -3.84. The van der Waals surface area contributed by atoms with Gasteiger partial charge in [-0.05, 0) is 36.2 Å². The van der Waals surface area contributed by atoms with Crippen LogP contribution in [0, 0.1) is 10.1 Å². The zero-order valence-electron chi connectivity index (χ0n) is 15.2. The highest BCUT2D eigenvalue weighted by molar-refractivity contribution is 7.90. The molecule has 0 radical (unpaired) electrons. The average molecular weight is 406 g/mol. The molecule has 0 atom stereocenters. The molecule has 0 saturated carbocycles. The van der Waals surface area contributed by atoms with Crippen LogP contribution < -0.4 is 5.32 Å². The van der Waals surface area contributed by atoms with Crippen molar-refractivity contribution < 1.29 is 27.7 Å². The minimum atomic E-state index is -3.84. The van der Waals surface area contributed by atoms with Gasteiger partial charge in [-0.15, -0.1) is 0 Å². The quantitative estimate of drug-likeness (QED) is 0.424. The van der Waals surface area contributed by atoms with E-state index >= 15 is 0 Å². The summed E-state index contributed by atoms with van der Waals surface area (Å²) < 4.78 is 28.0. The minimum Gasteiger partial charge on any atom is -0.452 e. The lowest BCUT2D eigenvalue weighted by molar-refractivity contribution is -0.387. The predicted octanol–water partition coefficient (Wildman–Crippen LogP) is 2.36. The Balaban J connectivity index is 2.05. The second kappa shape index (κ2) is 8.61. The van der Waals surface area contributed by atoms with Crippen molar-refractivity contribution in [3.8, 4) is 0 Å². The molecule has 0 fully saturated rings. The van der Waals surface area contributed by atoms with Gasteiger partial charge in [0.2, 0.25) is 0 Å². The Bertz CT molecular complexity index is 1010. The van der Waals surface area contributed by atoms with Crippen LogP contribution in [0.15, 0.2) is 47.4 Å². The maximum Gasteiger partial charge on any atom is 0.338 e. The van der Waals surface area contributed by atoms with E-state index in [1.165, 1.54) is 0 Å². The number of esters is 1. The number of hydrogen-bond acceptors (Lipinski definition) is 7. The molecule has 0 heterocycles. The van der Waals surface area contributed by atoms with Crippen LogP contribution in [0.2, 0.25) is 0 Å². The SMILES string of the molecule is CCc1ccc(NC(=O)COC(=O)c2ccc(S(C)(=O)=O)c([N+](=O)[O-])c2)cc1. The zero-order chi connectivity index (χ0) is 20.9. The number of rotatable bonds is 7. The van der Waals surface area contributed by atoms with Gasteiger partial charge in [0.1, 0.15) is 4.90 Å². The molecule has 10 heteroatoms. The third kappa shape index (κ3) is 5.36. The van der Waals surface area contributed by atoms with Crippen LogP contribution in [0.3, 0.4) is 0 Å². The summed E-state index contributed by atoms with van der Waals surface area (Å²) in [6, 6.07) is 9.98. The molecule has 2 rings (SSSR count). The summed E-state index contributed by atoms with van der Waals surface area (Å²) in [6.45, 7) is 1.40. The van der Waals surface area contributed by atoms with Crippen molar-refractivity contribution in [2.75, 3.05) is 18.2 Å². The van der Waals surface area contributed by atoms with Crippen molar-refractivity contribution in [1.82, 2.24) is 0 Å². The topological polar surface area (TPSA) is 133 Å². The highest BCUT2D eigenvalue weighted by Crippen LogP contribution is 2.25. The number of carbonyl (C=O) groups is 2. The lowest BCUT2D eigenvalue weighted by Gasteiger charge is -2.08. The molecule has 28 heavy (non-hydrogen) atoms. The lowest BCUT2D eigenvalue weighted by Crippen LogP contribution is -2.21. The first-order valence-corrected chi connectivity index (χ1v) is 10.1. The Morgan fingerprint density at radius 1 is 1.14 bits per heavy atom. The summed E-state index contributed by atoms with van der Waals surface area (Å²) in [4.78, 5) is 33.6. The molecule has 0 aromatic heterocycles. The molecule has 1 amide bonds. The molecule has 0 aliphatic carbocycles. The molecule has 0 aliphatic heterocycles. The van der Waals surface area contributed by atoms with Crippen LogP contribution in [-0.4, -0.2) is 38.1 Å². The van der Waals surface area contributed by atoms with E-state index in [9.17, 15) is 28.1 Å². The summed E-state index contributed by atoms with van der Waals surface area (Å²) in [5.74, 6) is -1.57.